The molecule has 0 aromatic rings. The van der Waals surface area contributed by atoms with Crippen molar-refractivity contribution in [2.45, 2.75) is 0 Å². The number of nitrogens with zero attached hydrogens (tertiary/aromatic N) is 3. The number of hydrogen-bond acceptors (Lipinski definition) is 3. The molecule has 0 bridgehead atoms. The van der Waals surface area contributed by atoms with E-state index in [-0.39, 0.29) is 0 Å². The lowest BCUT2D eigenvalue weighted by Gasteiger charge is -2.38. The van der Waals surface area contributed by atoms with E-state index in [1.807, 2.05) is 0 Å². The monoisotopic (exact) mass is 158 g/mol. The van der Waals surface area contributed by atoms with Crippen molar-refractivity contribution in [1.82, 2.24) is 20.5 Å². The van der Waals surface area contributed by atoms with E-state index in [4.69, 9.17) is 0 Å². The Morgan fingerprint density at radius 2 is 1.36 bits per heavy atom. The van der Waals surface area contributed by atoms with Crippen molar-refractivity contribution in [2.75, 3.05) is 21.1 Å². The summed E-state index contributed by atoms with van der Waals surface area (Å²) in [6.45, 7) is 0. The summed E-state index contributed by atoms with van der Waals surface area (Å²) >= 11 is 0. The number of urea groups is 2. The second kappa shape index (κ2) is 2.39. The third-order valence-electron chi connectivity index (χ3n) is 1.67. The second-order valence-corrected chi connectivity index (χ2v) is 2.27. The van der Waals surface area contributed by atoms with Crippen LogP contribution >= 0.6 is 0 Å². The van der Waals surface area contributed by atoms with Gasteiger partial charge in [0, 0.05) is 21.1 Å². The quantitative estimate of drug-likeness (QED) is 0.515. The number of hydrogen-bond donors (Lipinski definition) is 1. The molecule has 1 saturated heterocycles. The van der Waals surface area contributed by atoms with E-state index in [0.29, 0.717) is 0 Å². The van der Waals surface area contributed by atoms with Gasteiger partial charge in [0.1, 0.15) is 0 Å². The van der Waals surface area contributed by atoms with Crippen molar-refractivity contribution in [1.29, 1.82) is 0 Å². The molecule has 4 amide bonds. The summed E-state index contributed by atoms with van der Waals surface area (Å²) < 4.78 is 0. The summed E-state index contributed by atoms with van der Waals surface area (Å²) in [5.74, 6) is 0. The molecule has 0 spiro atoms. The summed E-state index contributed by atoms with van der Waals surface area (Å²) in [5.41, 5.74) is 0. The molecular weight excluding hydrogens is 148 g/mol. The number of nitrogens with one attached hydrogen (secondary N) is 1. The fraction of sp³-hybridized carbons (Fsp3) is 0.600. The molecule has 0 unspecified atom stereocenters. The summed E-state index contributed by atoms with van der Waals surface area (Å²) in [6, 6.07) is -0.841. The summed E-state index contributed by atoms with van der Waals surface area (Å²) in [4.78, 5) is 21.8. The van der Waals surface area contributed by atoms with Crippen molar-refractivity contribution in [3.05, 3.63) is 0 Å². The van der Waals surface area contributed by atoms with E-state index in [0.717, 1.165) is 0 Å². The van der Waals surface area contributed by atoms with Gasteiger partial charge in [-0.15, -0.1) is 5.12 Å². The zero-order valence-corrected chi connectivity index (χ0v) is 6.66. The smallest absolute Gasteiger partial charge is 0.257 e. The van der Waals surface area contributed by atoms with Gasteiger partial charge < -0.3 is 0 Å². The van der Waals surface area contributed by atoms with E-state index < -0.39 is 12.1 Å². The molecule has 6 heteroatoms. The average Bonchev–Trinajstić information content (AvgIpc) is 1.97. The predicted octanol–water partition coefficient (Wildman–Crippen LogP) is -0.545. The van der Waals surface area contributed by atoms with Crippen LogP contribution in [-0.2, 0) is 0 Å². The third-order valence-corrected chi connectivity index (χ3v) is 1.67. The Morgan fingerprint density at radius 3 is 1.73 bits per heavy atom. The fourth-order valence-corrected chi connectivity index (χ4v) is 0.717. The van der Waals surface area contributed by atoms with Gasteiger partial charge in [-0.05, 0) is 0 Å². The standard InChI is InChI=1S/C5H10N4O2/c1-7-4(10)6-5(11)8(2)9(7)3/h1-3H3,(H,6,10,11). The number of amides is 4. The average molecular weight is 158 g/mol. The van der Waals surface area contributed by atoms with Crippen molar-refractivity contribution >= 4 is 12.1 Å². The molecule has 0 saturated carbocycles. The molecule has 0 atom stereocenters. The van der Waals surface area contributed by atoms with Crippen LogP contribution in [0.15, 0.2) is 0 Å². The van der Waals surface area contributed by atoms with E-state index in [9.17, 15) is 9.59 Å². The molecule has 1 fully saturated rings. The van der Waals surface area contributed by atoms with Crippen LogP contribution in [0.4, 0.5) is 9.59 Å². The first-order valence-electron chi connectivity index (χ1n) is 3.10. The Kier molecular flexibility index (Phi) is 1.69. The molecule has 1 aliphatic heterocycles. The van der Waals surface area contributed by atoms with Gasteiger partial charge in [0.15, 0.2) is 0 Å². The number of rotatable bonds is 0. The van der Waals surface area contributed by atoms with E-state index >= 15 is 0 Å². The molecule has 1 heterocycles. The Morgan fingerprint density at radius 1 is 1.00 bits per heavy atom. The van der Waals surface area contributed by atoms with Crippen molar-refractivity contribution in [2.24, 2.45) is 0 Å². The first kappa shape index (κ1) is 7.80. The number of imide groups is 1. The molecule has 6 nitrogen and oxygen atoms in total. The highest BCUT2D eigenvalue weighted by Crippen LogP contribution is 2.02. The van der Waals surface area contributed by atoms with Crippen LogP contribution in [0, 0.1) is 0 Å². The predicted molar refractivity (Wildman–Crippen MR) is 37.2 cm³/mol. The van der Waals surface area contributed by atoms with Crippen LogP contribution in [0.25, 0.3) is 0 Å². The minimum atomic E-state index is -0.421. The molecule has 0 radical (unpaired) electrons. The fourth-order valence-electron chi connectivity index (χ4n) is 0.717. The van der Waals surface area contributed by atoms with Crippen molar-refractivity contribution in [3.8, 4) is 0 Å². The molecule has 0 aromatic carbocycles. The Labute approximate surface area is 64.3 Å². The molecule has 62 valence electrons. The lowest BCUT2D eigenvalue weighted by molar-refractivity contribution is -0.0914. The zero-order valence-electron chi connectivity index (χ0n) is 6.66. The van der Waals surface area contributed by atoms with Gasteiger partial charge in [-0.3, -0.25) is 5.32 Å². The van der Waals surface area contributed by atoms with Crippen LogP contribution in [0.2, 0.25) is 0 Å². The van der Waals surface area contributed by atoms with Crippen LogP contribution in [-0.4, -0.2) is 48.3 Å². The van der Waals surface area contributed by atoms with Crippen molar-refractivity contribution in [3.63, 3.8) is 0 Å². The highest BCUT2D eigenvalue weighted by atomic mass is 16.2. The molecule has 1 rings (SSSR count). The van der Waals surface area contributed by atoms with Gasteiger partial charge in [0.25, 0.3) is 0 Å². The molecular formula is C5H10N4O2. The lowest BCUT2D eigenvalue weighted by Crippen LogP contribution is -2.64. The van der Waals surface area contributed by atoms with Gasteiger partial charge in [0.2, 0.25) is 0 Å². The maximum absolute atomic E-state index is 10.9. The third kappa shape index (κ3) is 1.12. The van der Waals surface area contributed by atoms with E-state index in [1.165, 1.54) is 15.1 Å². The lowest BCUT2D eigenvalue weighted by atomic mass is 10.7. The minimum Gasteiger partial charge on any atom is -0.257 e. The van der Waals surface area contributed by atoms with Crippen LogP contribution in [0.3, 0.4) is 0 Å². The largest absolute Gasteiger partial charge is 0.341 e. The van der Waals surface area contributed by atoms with E-state index in [2.05, 4.69) is 5.32 Å². The molecule has 0 aromatic heterocycles. The van der Waals surface area contributed by atoms with Gasteiger partial charge in [0.05, 0.1) is 0 Å². The number of hydrazine groups is 2. The second-order valence-electron chi connectivity index (χ2n) is 2.27. The van der Waals surface area contributed by atoms with Gasteiger partial charge in [-0.2, -0.15) is 0 Å². The highest BCUT2D eigenvalue weighted by molar-refractivity contribution is 5.94. The first-order valence-corrected chi connectivity index (χ1v) is 3.10. The SMILES string of the molecule is CN1C(=O)NC(=O)N(C)N1C. The topological polar surface area (TPSA) is 55.9 Å². The Hall–Kier alpha value is -1.30. The minimum absolute atomic E-state index is 0.421. The molecule has 1 N–H and O–H groups in total. The summed E-state index contributed by atoms with van der Waals surface area (Å²) in [5, 5.41) is 6.15. The summed E-state index contributed by atoms with van der Waals surface area (Å²) in [7, 11) is 4.76. The van der Waals surface area contributed by atoms with Crippen LogP contribution in [0.5, 0.6) is 0 Å². The van der Waals surface area contributed by atoms with Gasteiger partial charge in [-0.25, -0.2) is 19.6 Å². The normalized spacial score (nSPS) is 20.6. The number of carbonyl (C=O) groups is 2. The molecule has 1 aliphatic rings. The van der Waals surface area contributed by atoms with Crippen molar-refractivity contribution < 1.29 is 9.59 Å². The first-order chi connectivity index (χ1) is 5.04. The zero-order chi connectivity index (χ0) is 8.59. The van der Waals surface area contributed by atoms with Gasteiger partial charge in [-0.1, -0.05) is 0 Å². The maximum Gasteiger partial charge on any atom is 0.341 e. The highest BCUT2D eigenvalue weighted by Gasteiger charge is 2.28. The van der Waals surface area contributed by atoms with Gasteiger partial charge >= 0.3 is 12.1 Å². The molecule has 11 heavy (non-hydrogen) atoms. The Bertz CT molecular complexity index is 185. The molecule has 0 aliphatic carbocycles. The maximum atomic E-state index is 10.9. The Balaban J connectivity index is 2.78. The number of carbonyl (C=O) groups excluding carboxylic acids is 2. The van der Waals surface area contributed by atoms with E-state index in [1.54, 1.807) is 21.1 Å². The van der Waals surface area contributed by atoms with Crippen LogP contribution < -0.4 is 5.32 Å². The van der Waals surface area contributed by atoms with Crippen LogP contribution in [0.1, 0.15) is 0 Å². The summed E-state index contributed by atoms with van der Waals surface area (Å²) in [6.07, 6.45) is 0.